The molecule has 1 aliphatic rings. The number of anilines is 1. The second-order valence-corrected chi connectivity index (χ2v) is 9.94. The molecule has 0 aliphatic carbocycles. The Hall–Kier alpha value is -1.70. The molecule has 146 valence electrons. The van der Waals surface area contributed by atoms with Crippen LogP contribution in [0.15, 0.2) is 34.5 Å². The molecule has 7 heteroatoms. The van der Waals surface area contributed by atoms with E-state index in [9.17, 15) is 13.2 Å². The number of aryl methyl sites for hydroxylation is 2. The highest BCUT2D eigenvalue weighted by Gasteiger charge is 2.36. The predicted molar refractivity (Wildman–Crippen MR) is 110 cm³/mol. The topological polar surface area (TPSA) is 66.5 Å². The lowest BCUT2D eigenvalue weighted by atomic mass is 10.1. The van der Waals surface area contributed by atoms with Gasteiger partial charge in [-0.3, -0.25) is 4.79 Å². The average Bonchev–Trinajstić information content (AvgIpc) is 2.88. The Kier molecular flexibility index (Phi) is 6.03. The molecule has 1 saturated heterocycles. The van der Waals surface area contributed by atoms with E-state index < -0.39 is 10.0 Å². The van der Waals surface area contributed by atoms with E-state index in [1.165, 1.54) is 6.92 Å². The van der Waals surface area contributed by atoms with Crippen LogP contribution in [0.1, 0.15) is 54.7 Å². The van der Waals surface area contributed by atoms with Crippen LogP contribution in [0.5, 0.6) is 0 Å². The molecule has 3 rings (SSSR count). The molecule has 5 nitrogen and oxygen atoms in total. The Morgan fingerprint density at radius 2 is 1.96 bits per heavy atom. The molecule has 1 unspecified atom stereocenters. The number of amides is 1. The number of thiophene rings is 1. The fourth-order valence-electron chi connectivity index (χ4n) is 3.62. The fourth-order valence-corrected chi connectivity index (χ4v) is 6.66. The Bertz CT molecular complexity index is 934. The van der Waals surface area contributed by atoms with Gasteiger partial charge in [-0.15, -0.1) is 11.3 Å². The Morgan fingerprint density at radius 1 is 1.19 bits per heavy atom. The molecule has 1 atom stereocenters. The Balaban J connectivity index is 2.10. The highest BCUT2D eigenvalue weighted by Crippen LogP contribution is 2.39. The van der Waals surface area contributed by atoms with E-state index in [-0.39, 0.29) is 16.8 Å². The predicted octanol–water partition coefficient (Wildman–Crippen LogP) is 4.63. The molecule has 27 heavy (non-hydrogen) atoms. The molecular weight excluding hydrogens is 380 g/mol. The third-order valence-corrected chi connectivity index (χ3v) is 8.01. The lowest BCUT2D eigenvalue weighted by Crippen LogP contribution is -2.35. The lowest BCUT2D eigenvalue weighted by Gasteiger charge is -2.30. The van der Waals surface area contributed by atoms with Gasteiger partial charge in [0.2, 0.25) is 15.9 Å². The van der Waals surface area contributed by atoms with Crippen molar-refractivity contribution in [2.45, 2.75) is 57.4 Å². The highest BCUT2D eigenvalue weighted by molar-refractivity contribution is 7.89. The van der Waals surface area contributed by atoms with Crippen LogP contribution in [0.25, 0.3) is 0 Å². The zero-order chi connectivity index (χ0) is 19.6. The zero-order valence-electron chi connectivity index (χ0n) is 16.0. The number of hydrogen-bond donors (Lipinski definition) is 1. The van der Waals surface area contributed by atoms with Crippen molar-refractivity contribution in [1.29, 1.82) is 0 Å². The van der Waals surface area contributed by atoms with Crippen molar-refractivity contribution in [3.05, 3.63) is 45.6 Å². The zero-order valence-corrected chi connectivity index (χ0v) is 17.6. The molecule has 1 N–H and O–H groups in total. The van der Waals surface area contributed by atoms with Crippen molar-refractivity contribution in [3.8, 4) is 0 Å². The van der Waals surface area contributed by atoms with E-state index in [0.717, 1.165) is 41.7 Å². The van der Waals surface area contributed by atoms with E-state index in [1.807, 2.05) is 31.4 Å². The number of carbonyl (C=O) groups is 1. The summed E-state index contributed by atoms with van der Waals surface area (Å²) in [6.45, 7) is 5.79. The molecule has 1 aliphatic heterocycles. The van der Waals surface area contributed by atoms with Gasteiger partial charge < -0.3 is 5.32 Å². The molecule has 0 radical (unpaired) electrons. The van der Waals surface area contributed by atoms with Gasteiger partial charge in [-0.2, -0.15) is 4.31 Å². The van der Waals surface area contributed by atoms with Crippen molar-refractivity contribution in [2.24, 2.45) is 0 Å². The lowest BCUT2D eigenvalue weighted by molar-refractivity contribution is -0.114. The maximum atomic E-state index is 13.7. The van der Waals surface area contributed by atoms with Crippen LogP contribution in [-0.4, -0.2) is 25.2 Å². The first kappa shape index (κ1) is 20.0. The summed E-state index contributed by atoms with van der Waals surface area (Å²) in [6, 6.07) is 7.04. The molecule has 1 aromatic heterocycles. The fraction of sp³-hybridized carbons (Fsp3) is 0.450. The van der Waals surface area contributed by atoms with Gasteiger partial charge in [0.05, 0.1) is 11.7 Å². The highest BCUT2D eigenvalue weighted by atomic mass is 32.2. The van der Waals surface area contributed by atoms with Gasteiger partial charge >= 0.3 is 0 Å². The summed E-state index contributed by atoms with van der Waals surface area (Å²) in [5, 5.41) is 4.70. The van der Waals surface area contributed by atoms with Crippen molar-refractivity contribution in [3.63, 3.8) is 0 Å². The largest absolute Gasteiger partial charge is 0.325 e. The van der Waals surface area contributed by atoms with Crippen LogP contribution in [-0.2, 0) is 14.8 Å². The van der Waals surface area contributed by atoms with Crippen molar-refractivity contribution in [1.82, 2.24) is 4.31 Å². The van der Waals surface area contributed by atoms with Crippen LogP contribution < -0.4 is 5.32 Å². The second-order valence-electron chi connectivity index (χ2n) is 7.13. The van der Waals surface area contributed by atoms with E-state index in [1.54, 1.807) is 27.8 Å². The van der Waals surface area contributed by atoms with Crippen molar-refractivity contribution >= 4 is 33.0 Å². The molecule has 1 fully saturated rings. The minimum Gasteiger partial charge on any atom is -0.325 e. The number of sulfonamides is 1. The molecule has 1 amide bonds. The van der Waals surface area contributed by atoms with Crippen LogP contribution >= 0.6 is 11.3 Å². The number of carbonyl (C=O) groups excluding carboxylic acids is 1. The van der Waals surface area contributed by atoms with Crippen molar-refractivity contribution in [2.75, 3.05) is 11.9 Å². The minimum absolute atomic E-state index is 0.150. The van der Waals surface area contributed by atoms with Gasteiger partial charge in [0.1, 0.15) is 4.90 Å². The van der Waals surface area contributed by atoms with Gasteiger partial charge in [-0.1, -0.05) is 18.9 Å². The standard InChI is InChI=1S/C20H26N2O3S2/c1-14-8-9-17(21-16(3)23)19(13-14)27(24,25)22-11-6-4-5-7-18(22)20-15(2)10-12-26-20/h8-10,12-13,18H,4-7,11H2,1-3H3,(H,21,23). The van der Waals surface area contributed by atoms with Crippen LogP contribution in [0.2, 0.25) is 0 Å². The first-order valence-corrected chi connectivity index (χ1v) is 11.6. The number of hydrogen-bond acceptors (Lipinski definition) is 4. The van der Waals surface area contributed by atoms with Crippen molar-refractivity contribution < 1.29 is 13.2 Å². The van der Waals surface area contributed by atoms with E-state index in [4.69, 9.17) is 0 Å². The molecule has 2 aromatic rings. The smallest absolute Gasteiger partial charge is 0.245 e. The summed E-state index contributed by atoms with van der Waals surface area (Å²) in [5.74, 6) is -0.281. The van der Waals surface area contributed by atoms with Gasteiger partial charge in [0.15, 0.2) is 0 Å². The third-order valence-electron chi connectivity index (χ3n) is 4.94. The summed E-state index contributed by atoms with van der Waals surface area (Å²) in [4.78, 5) is 12.9. The summed E-state index contributed by atoms with van der Waals surface area (Å²) >= 11 is 1.62. The molecular formula is C20H26N2O3S2. The number of rotatable bonds is 4. The first-order valence-electron chi connectivity index (χ1n) is 9.25. The summed E-state index contributed by atoms with van der Waals surface area (Å²) in [6.07, 6.45) is 3.71. The molecule has 0 saturated carbocycles. The van der Waals surface area contributed by atoms with Gasteiger partial charge in [-0.05, 0) is 61.4 Å². The summed E-state index contributed by atoms with van der Waals surface area (Å²) in [7, 11) is -3.75. The maximum absolute atomic E-state index is 13.7. The minimum atomic E-state index is -3.75. The molecule has 1 aromatic carbocycles. The van der Waals surface area contributed by atoms with Gasteiger partial charge in [0.25, 0.3) is 0 Å². The summed E-state index contributed by atoms with van der Waals surface area (Å²) < 4.78 is 29.0. The van der Waals surface area contributed by atoms with E-state index in [0.29, 0.717) is 12.2 Å². The Labute approximate surface area is 165 Å². The number of nitrogens with zero attached hydrogens (tertiary/aromatic N) is 1. The number of nitrogens with one attached hydrogen (secondary N) is 1. The summed E-state index contributed by atoms with van der Waals surface area (Å²) in [5.41, 5.74) is 2.33. The molecule has 0 bridgehead atoms. The molecule has 0 spiro atoms. The number of benzene rings is 1. The van der Waals surface area contributed by atoms with Crippen LogP contribution in [0, 0.1) is 13.8 Å². The normalized spacial score (nSPS) is 18.9. The SMILES string of the molecule is CC(=O)Nc1ccc(C)cc1S(=O)(=O)N1CCCCCC1c1sccc1C. The van der Waals surface area contributed by atoms with Gasteiger partial charge in [0, 0.05) is 18.3 Å². The maximum Gasteiger partial charge on any atom is 0.245 e. The van der Waals surface area contributed by atoms with Crippen LogP contribution in [0.3, 0.4) is 0 Å². The van der Waals surface area contributed by atoms with Gasteiger partial charge in [-0.25, -0.2) is 8.42 Å². The van der Waals surface area contributed by atoms with Crippen LogP contribution in [0.4, 0.5) is 5.69 Å². The third kappa shape index (κ3) is 4.25. The Morgan fingerprint density at radius 3 is 2.63 bits per heavy atom. The molecule has 2 heterocycles. The quantitative estimate of drug-likeness (QED) is 0.805. The first-order chi connectivity index (χ1) is 12.8. The average molecular weight is 407 g/mol. The second kappa shape index (κ2) is 8.12. The van der Waals surface area contributed by atoms with E-state index >= 15 is 0 Å². The van der Waals surface area contributed by atoms with E-state index in [2.05, 4.69) is 5.32 Å². The monoisotopic (exact) mass is 406 g/mol.